The molecule has 0 aliphatic carbocycles. The molecular weight excluding hydrogens is 278 g/mol. The summed E-state index contributed by atoms with van der Waals surface area (Å²) in [4.78, 5) is 11.9. The highest BCUT2D eigenvalue weighted by atomic mass is 32.2. The first-order valence-corrected chi connectivity index (χ1v) is 7.58. The Morgan fingerprint density at radius 3 is 2.45 bits per heavy atom. The average molecular weight is 293 g/mol. The van der Waals surface area contributed by atoms with Gasteiger partial charge >= 0.3 is 5.97 Å². The summed E-state index contributed by atoms with van der Waals surface area (Å²) in [7, 11) is -3.69. The quantitative estimate of drug-likeness (QED) is 0.811. The Kier molecular flexibility index (Phi) is 3.94. The molecule has 20 heavy (non-hydrogen) atoms. The van der Waals surface area contributed by atoms with Crippen LogP contribution in [0.2, 0.25) is 0 Å². The van der Waals surface area contributed by atoms with Crippen LogP contribution in [0.3, 0.4) is 0 Å². The third-order valence-electron chi connectivity index (χ3n) is 2.89. The fourth-order valence-corrected chi connectivity index (χ4v) is 3.29. The molecule has 2 rings (SSSR count). The number of hydrogen-bond donors (Lipinski definition) is 0. The Balaban J connectivity index is 2.47. The molecular formula is C14H15NO4S. The monoisotopic (exact) mass is 293 g/mol. The van der Waals surface area contributed by atoms with Gasteiger partial charge in [-0.2, -0.15) is 0 Å². The third kappa shape index (κ3) is 2.46. The van der Waals surface area contributed by atoms with Gasteiger partial charge in [-0.1, -0.05) is 18.2 Å². The van der Waals surface area contributed by atoms with E-state index in [1.807, 2.05) is 0 Å². The smallest absolute Gasteiger partial charge is 0.339 e. The van der Waals surface area contributed by atoms with Crippen molar-refractivity contribution < 1.29 is 17.9 Å². The van der Waals surface area contributed by atoms with Crippen LogP contribution in [-0.4, -0.2) is 25.0 Å². The minimum absolute atomic E-state index is 0.175. The molecule has 0 saturated heterocycles. The van der Waals surface area contributed by atoms with Gasteiger partial charge in [0.05, 0.1) is 17.1 Å². The topological polar surface area (TPSA) is 65.4 Å². The maximum atomic E-state index is 12.5. The molecule has 0 N–H and O–H groups in total. The number of esters is 1. The van der Waals surface area contributed by atoms with Crippen molar-refractivity contribution >= 4 is 16.0 Å². The number of hydrogen-bond acceptors (Lipinski definition) is 4. The average Bonchev–Trinajstić information content (AvgIpc) is 2.82. The van der Waals surface area contributed by atoms with E-state index in [0.29, 0.717) is 5.69 Å². The molecule has 5 nitrogen and oxygen atoms in total. The van der Waals surface area contributed by atoms with E-state index in [-0.39, 0.29) is 17.1 Å². The van der Waals surface area contributed by atoms with Crippen molar-refractivity contribution in [3.8, 4) is 0 Å². The van der Waals surface area contributed by atoms with Crippen molar-refractivity contribution in [3.05, 3.63) is 53.9 Å². The lowest BCUT2D eigenvalue weighted by Gasteiger charge is -2.08. The molecule has 6 heteroatoms. The van der Waals surface area contributed by atoms with Crippen LogP contribution in [-0.2, 0) is 14.8 Å². The van der Waals surface area contributed by atoms with Gasteiger partial charge in [-0.15, -0.1) is 0 Å². The van der Waals surface area contributed by atoms with Crippen molar-refractivity contribution in [2.75, 3.05) is 6.61 Å². The largest absolute Gasteiger partial charge is 0.462 e. The first-order chi connectivity index (χ1) is 9.48. The molecule has 0 radical (unpaired) electrons. The van der Waals surface area contributed by atoms with Gasteiger partial charge in [0.25, 0.3) is 10.0 Å². The zero-order chi connectivity index (χ0) is 14.8. The first kappa shape index (κ1) is 14.3. The van der Waals surface area contributed by atoms with Gasteiger partial charge in [-0.25, -0.2) is 17.2 Å². The summed E-state index contributed by atoms with van der Waals surface area (Å²) in [5.41, 5.74) is 0.596. The molecule has 0 amide bonds. The Labute approximate surface area is 117 Å². The molecule has 1 aromatic carbocycles. The second-order valence-corrected chi connectivity index (χ2v) is 5.96. The Morgan fingerprint density at radius 1 is 1.20 bits per heavy atom. The lowest BCUT2D eigenvalue weighted by atomic mass is 10.3. The Morgan fingerprint density at radius 2 is 1.85 bits per heavy atom. The number of ether oxygens (including phenoxy) is 1. The van der Waals surface area contributed by atoms with Crippen molar-refractivity contribution in [1.82, 2.24) is 3.97 Å². The summed E-state index contributed by atoms with van der Waals surface area (Å²) in [6, 6.07) is 9.52. The Bertz CT molecular complexity index is 717. The molecule has 106 valence electrons. The zero-order valence-corrected chi connectivity index (χ0v) is 12.1. The molecule has 0 saturated carbocycles. The number of nitrogens with zero attached hydrogens (tertiary/aromatic N) is 1. The second-order valence-electron chi connectivity index (χ2n) is 4.15. The fraction of sp³-hybridized carbons (Fsp3) is 0.214. The minimum Gasteiger partial charge on any atom is -0.462 e. The minimum atomic E-state index is -3.69. The highest BCUT2D eigenvalue weighted by Gasteiger charge is 2.22. The SMILES string of the molecule is CCOC(=O)c1ccn(S(=O)(=O)c2ccccc2)c1C. The number of aromatic nitrogens is 1. The molecule has 1 aromatic heterocycles. The summed E-state index contributed by atoms with van der Waals surface area (Å²) in [5.74, 6) is -0.521. The summed E-state index contributed by atoms with van der Waals surface area (Å²) in [5, 5.41) is 0. The summed E-state index contributed by atoms with van der Waals surface area (Å²) in [6.45, 7) is 3.52. The molecule has 0 bridgehead atoms. The van der Waals surface area contributed by atoms with Gasteiger partial charge < -0.3 is 4.74 Å². The molecule has 0 unspecified atom stereocenters. The van der Waals surface area contributed by atoms with Gasteiger partial charge in [0, 0.05) is 11.9 Å². The normalized spacial score (nSPS) is 11.3. The highest BCUT2D eigenvalue weighted by molar-refractivity contribution is 7.90. The van der Waals surface area contributed by atoms with Crippen LogP contribution in [0.4, 0.5) is 0 Å². The van der Waals surface area contributed by atoms with Crippen LogP contribution in [0.5, 0.6) is 0 Å². The van der Waals surface area contributed by atoms with Crippen molar-refractivity contribution in [2.45, 2.75) is 18.7 Å². The van der Waals surface area contributed by atoms with Gasteiger partial charge in [0.2, 0.25) is 0 Å². The highest BCUT2D eigenvalue weighted by Crippen LogP contribution is 2.19. The van der Waals surface area contributed by atoms with E-state index in [1.165, 1.54) is 24.4 Å². The second kappa shape index (κ2) is 5.50. The van der Waals surface area contributed by atoms with Gasteiger partial charge in [-0.3, -0.25) is 0 Å². The molecule has 0 atom stereocenters. The number of carbonyl (C=O) groups is 1. The number of carbonyl (C=O) groups excluding carboxylic acids is 1. The molecule has 0 aliphatic heterocycles. The summed E-state index contributed by atoms with van der Waals surface area (Å²) >= 11 is 0. The van der Waals surface area contributed by atoms with Gasteiger partial charge in [0.1, 0.15) is 0 Å². The standard InChI is InChI=1S/C14H15NO4S/c1-3-19-14(16)13-9-10-15(11(13)2)20(17,18)12-7-5-4-6-8-12/h4-10H,3H2,1-2H3. The zero-order valence-electron chi connectivity index (χ0n) is 11.2. The van der Waals surface area contributed by atoms with Crippen LogP contribution >= 0.6 is 0 Å². The predicted octanol–water partition coefficient (Wildman–Crippen LogP) is 2.21. The number of rotatable bonds is 4. The van der Waals surface area contributed by atoms with Crippen LogP contribution in [0.25, 0.3) is 0 Å². The van der Waals surface area contributed by atoms with Crippen LogP contribution in [0.1, 0.15) is 23.0 Å². The van der Waals surface area contributed by atoms with Gasteiger partial charge in [-0.05, 0) is 32.0 Å². The van der Waals surface area contributed by atoms with E-state index in [1.54, 1.807) is 32.0 Å². The van der Waals surface area contributed by atoms with E-state index in [0.717, 1.165) is 3.97 Å². The van der Waals surface area contributed by atoms with E-state index in [4.69, 9.17) is 4.74 Å². The third-order valence-corrected chi connectivity index (χ3v) is 4.67. The molecule has 0 fully saturated rings. The van der Waals surface area contributed by atoms with Crippen LogP contribution < -0.4 is 0 Å². The van der Waals surface area contributed by atoms with Crippen LogP contribution in [0, 0.1) is 6.92 Å². The maximum Gasteiger partial charge on any atom is 0.339 e. The van der Waals surface area contributed by atoms with E-state index in [9.17, 15) is 13.2 Å². The Hall–Kier alpha value is -2.08. The lowest BCUT2D eigenvalue weighted by Crippen LogP contribution is -2.15. The van der Waals surface area contributed by atoms with Crippen molar-refractivity contribution in [3.63, 3.8) is 0 Å². The predicted molar refractivity (Wildman–Crippen MR) is 74.2 cm³/mol. The maximum absolute atomic E-state index is 12.5. The molecule has 0 aliphatic rings. The summed E-state index contributed by atoms with van der Waals surface area (Å²) in [6.07, 6.45) is 1.36. The summed E-state index contributed by atoms with van der Waals surface area (Å²) < 4.78 is 30.9. The van der Waals surface area contributed by atoms with E-state index < -0.39 is 16.0 Å². The van der Waals surface area contributed by atoms with Crippen molar-refractivity contribution in [2.24, 2.45) is 0 Å². The van der Waals surface area contributed by atoms with E-state index >= 15 is 0 Å². The molecule has 1 heterocycles. The van der Waals surface area contributed by atoms with E-state index in [2.05, 4.69) is 0 Å². The molecule has 0 spiro atoms. The van der Waals surface area contributed by atoms with Crippen molar-refractivity contribution in [1.29, 1.82) is 0 Å². The fourth-order valence-electron chi connectivity index (χ4n) is 1.88. The van der Waals surface area contributed by atoms with Crippen LogP contribution in [0.15, 0.2) is 47.5 Å². The molecule has 2 aromatic rings. The van der Waals surface area contributed by atoms with Gasteiger partial charge in [0.15, 0.2) is 0 Å². The number of benzene rings is 1. The lowest BCUT2D eigenvalue weighted by molar-refractivity contribution is 0.0525. The first-order valence-electron chi connectivity index (χ1n) is 6.14.